The molecule has 2 aliphatic heterocycles. The summed E-state index contributed by atoms with van der Waals surface area (Å²) in [4.78, 5) is 30.5. The van der Waals surface area contributed by atoms with Crippen LogP contribution in [0.2, 0.25) is 0 Å². The van der Waals surface area contributed by atoms with Crippen molar-refractivity contribution in [3.8, 4) is 0 Å². The first-order valence-corrected chi connectivity index (χ1v) is 16.0. The fourth-order valence-corrected chi connectivity index (χ4v) is 7.58. The van der Waals surface area contributed by atoms with E-state index in [1.165, 1.54) is 6.08 Å². The van der Waals surface area contributed by atoms with Crippen molar-refractivity contribution < 1.29 is 18.5 Å². The average molecular weight is 605 g/mol. The Bertz CT molecular complexity index is 1650. The quantitative estimate of drug-likeness (QED) is 0.183. The molecule has 0 spiro atoms. The number of hydrogen-bond acceptors (Lipinski definition) is 4. The molecule has 224 valence electrons. The molecule has 3 atom stereocenters. The van der Waals surface area contributed by atoms with Crippen molar-refractivity contribution in [2.24, 2.45) is 0 Å². The molecule has 7 heteroatoms. The van der Waals surface area contributed by atoms with Gasteiger partial charge in [-0.15, -0.1) is 0 Å². The Morgan fingerprint density at radius 2 is 1.23 bits per heavy atom. The van der Waals surface area contributed by atoms with Gasteiger partial charge in [-0.05, 0) is 56.0 Å². The molecule has 1 unspecified atom stereocenters. The Balaban J connectivity index is 1.76. The standard InChI is InChI=1S/C37H36N2O4S/c1-5-35(26-25-32(40)43-35)37(38-44(42)34(2,3)4)30-23-15-16-24-31(30)39(33(37)41)36(27-17-9-6-10-18-27,28-19-11-7-12-20-28)29-21-13-8-14-22-29/h6-26,38H,5H2,1-4H3/t35-,37+,44?/m1/s1. The predicted octanol–water partition coefficient (Wildman–Crippen LogP) is 6.53. The van der Waals surface area contributed by atoms with Crippen molar-refractivity contribution in [2.45, 2.75) is 55.5 Å². The van der Waals surface area contributed by atoms with Crippen LogP contribution in [0, 0.1) is 0 Å². The summed E-state index contributed by atoms with van der Waals surface area (Å²) < 4.78 is 22.8. The molecule has 2 heterocycles. The zero-order chi connectivity index (χ0) is 31.2. The molecule has 0 saturated heterocycles. The number of carbonyl (C=O) groups excluding carboxylic acids is 2. The van der Waals surface area contributed by atoms with Crippen molar-refractivity contribution in [2.75, 3.05) is 4.90 Å². The third-order valence-electron chi connectivity index (χ3n) is 8.72. The van der Waals surface area contributed by atoms with E-state index in [1.807, 2.05) is 148 Å². The van der Waals surface area contributed by atoms with Crippen LogP contribution in [-0.4, -0.2) is 26.4 Å². The van der Waals surface area contributed by atoms with Crippen molar-refractivity contribution in [3.05, 3.63) is 150 Å². The van der Waals surface area contributed by atoms with Gasteiger partial charge in [0.15, 0.2) is 11.1 Å². The Hall–Kier alpha value is -4.33. The van der Waals surface area contributed by atoms with Crippen LogP contribution in [-0.2, 0) is 36.4 Å². The van der Waals surface area contributed by atoms with E-state index in [0.717, 1.165) is 16.7 Å². The van der Waals surface area contributed by atoms with Crippen LogP contribution in [0.5, 0.6) is 0 Å². The normalized spacial score (nSPS) is 22.1. The van der Waals surface area contributed by atoms with Crippen LogP contribution < -0.4 is 9.62 Å². The number of para-hydroxylation sites is 1. The first kappa shape index (κ1) is 29.7. The summed E-state index contributed by atoms with van der Waals surface area (Å²) in [5, 5.41) is 0. The number of ether oxygens (including phenoxy) is 1. The molecule has 44 heavy (non-hydrogen) atoms. The number of fused-ring (bicyclic) bond motifs is 1. The molecular formula is C37H36N2O4S. The molecule has 2 aliphatic rings. The largest absolute Gasteiger partial charge is 0.449 e. The monoisotopic (exact) mass is 604 g/mol. The molecule has 0 saturated carbocycles. The Kier molecular flexibility index (Phi) is 7.42. The van der Waals surface area contributed by atoms with Gasteiger partial charge in [0.05, 0.1) is 21.4 Å². The second-order valence-electron chi connectivity index (χ2n) is 12.2. The lowest BCUT2D eigenvalue weighted by molar-refractivity contribution is -0.156. The fraction of sp³-hybridized carbons (Fsp3) is 0.243. The van der Waals surface area contributed by atoms with Crippen molar-refractivity contribution >= 4 is 28.5 Å². The highest BCUT2D eigenvalue weighted by Gasteiger charge is 2.69. The van der Waals surface area contributed by atoms with Crippen LogP contribution in [0.25, 0.3) is 0 Å². The van der Waals surface area contributed by atoms with E-state index in [2.05, 4.69) is 4.72 Å². The van der Waals surface area contributed by atoms with Gasteiger partial charge in [-0.2, -0.15) is 0 Å². The number of amides is 1. The zero-order valence-corrected chi connectivity index (χ0v) is 26.1. The van der Waals surface area contributed by atoms with E-state index in [9.17, 15) is 9.00 Å². The third-order valence-corrected chi connectivity index (χ3v) is 10.3. The van der Waals surface area contributed by atoms with E-state index < -0.39 is 38.4 Å². The van der Waals surface area contributed by atoms with E-state index in [4.69, 9.17) is 4.74 Å². The highest BCUT2D eigenvalue weighted by Crippen LogP contribution is 2.57. The maximum absolute atomic E-state index is 15.9. The molecule has 0 fully saturated rings. The fourth-order valence-electron chi connectivity index (χ4n) is 6.63. The Morgan fingerprint density at radius 3 is 1.66 bits per heavy atom. The lowest BCUT2D eigenvalue weighted by atomic mass is 9.73. The Morgan fingerprint density at radius 1 is 0.750 bits per heavy atom. The van der Waals surface area contributed by atoms with Crippen molar-refractivity contribution in [1.82, 2.24) is 4.72 Å². The highest BCUT2D eigenvalue weighted by molar-refractivity contribution is 7.84. The lowest BCUT2D eigenvalue weighted by Gasteiger charge is -2.47. The maximum atomic E-state index is 15.9. The molecule has 0 bridgehead atoms. The minimum absolute atomic E-state index is 0.270. The lowest BCUT2D eigenvalue weighted by Crippen LogP contribution is -2.68. The summed E-state index contributed by atoms with van der Waals surface area (Å²) >= 11 is 0. The SMILES string of the molecule is CC[C@]1([C@@]2(NS(=O)C(C)(C)C)C(=O)N(C(c3ccccc3)(c3ccccc3)c3ccccc3)c3ccccc32)C=CC(=O)O1. The van der Waals surface area contributed by atoms with Crippen LogP contribution in [0.1, 0.15) is 56.4 Å². The number of carbonyl (C=O) groups is 2. The molecule has 6 nitrogen and oxygen atoms in total. The van der Waals surface area contributed by atoms with Gasteiger partial charge in [0.2, 0.25) is 0 Å². The molecule has 4 aromatic carbocycles. The molecule has 0 radical (unpaired) electrons. The summed E-state index contributed by atoms with van der Waals surface area (Å²) in [6, 6.07) is 37.4. The van der Waals surface area contributed by atoms with Gasteiger partial charge in [-0.25, -0.2) is 13.7 Å². The second-order valence-corrected chi connectivity index (χ2v) is 14.2. The number of nitrogens with one attached hydrogen (secondary N) is 1. The zero-order valence-electron chi connectivity index (χ0n) is 25.3. The van der Waals surface area contributed by atoms with Crippen LogP contribution in [0.4, 0.5) is 5.69 Å². The van der Waals surface area contributed by atoms with Crippen molar-refractivity contribution in [3.63, 3.8) is 0 Å². The average Bonchev–Trinajstić information content (AvgIpc) is 3.55. The number of nitrogens with zero attached hydrogens (tertiary/aromatic N) is 1. The van der Waals surface area contributed by atoms with Gasteiger partial charge in [0.25, 0.3) is 5.91 Å². The first-order valence-electron chi connectivity index (χ1n) is 14.8. The van der Waals surface area contributed by atoms with Gasteiger partial charge in [-0.1, -0.05) is 116 Å². The minimum atomic E-state index is -1.73. The summed E-state index contributed by atoms with van der Waals surface area (Å²) in [7, 11) is -1.73. The number of rotatable bonds is 8. The van der Waals surface area contributed by atoms with Crippen molar-refractivity contribution in [1.29, 1.82) is 0 Å². The summed E-state index contributed by atoms with van der Waals surface area (Å²) in [6.07, 6.45) is 3.30. The van der Waals surface area contributed by atoms with Gasteiger partial charge in [0.1, 0.15) is 5.54 Å². The third kappa shape index (κ3) is 4.29. The van der Waals surface area contributed by atoms with Gasteiger partial charge in [-0.3, -0.25) is 9.69 Å². The number of anilines is 1. The van der Waals surface area contributed by atoms with E-state index in [1.54, 1.807) is 6.08 Å². The maximum Gasteiger partial charge on any atom is 0.331 e. The Labute approximate surface area is 261 Å². The van der Waals surface area contributed by atoms with Gasteiger partial charge in [0, 0.05) is 11.6 Å². The van der Waals surface area contributed by atoms with E-state index in [-0.39, 0.29) is 12.3 Å². The predicted molar refractivity (Wildman–Crippen MR) is 174 cm³/mol. The minimum Gasteiger partial charge on any atom is -0.449 e. The topological polar surface area (TPSA) is 75.7 Å². The molecular weight excluding hydrogens is 568 g/mol. The van der Waals surface area contributed by atoms with E-state index in [0.29, 0.717) is 11.3 Å². The number of cyclic esters (lactones) is 1. The smallest absolute Gasteiger partial charge is 0.331 e. The number of hydrogen-bond donors (Lipinski definition) is 1. The molecule has 6 rings (SSSR count). The summed E-state index contributed by atoms with van der Waals surface area (Å²) in [5.41, 5.74) is -0.447. The van der Waals surface area contributed by atoms with Gasteiger partial charge < -0.3 is 4.74 Å². The summed E-state index contributed by atoms with van der Waals surface area (Å²) in [6.45, 7) is 7.43. The molecule has 1 amide bonds. The first-order chi connectivity index (χ1) is 21.1. The molecule has 1 N–H and O–H groups in total. The molecule has 0 aliphatic carbocycles. The molecule has 4 aromatic rings. The second kappa shape index (κ2) is 11.0. The van der Waals surface area contributed by atoms with Crippen LogP contribution >= 0.6 is 0 Å². The van der Waals surface area contributed by atoms with Gasteiger partial charge >= 0.3 is 5.97 Å². The number of benzene rings is 4. The van der Waals surface area contributed by atoms with E-state index >= 15 is 4.79 Å². The highest BCUT2D eigenvalue weighted by atomic mass is 32.2. The van der Waals surface area contributed by atoms with Crippen LogP contribution in [0.3, 0.4) is 0 Å². The molecule has 0 aromatic heterocycles. The van der Waals surface area contributed by atoms with Crippen LogP contribution in [0.15, 0.2) is 127 Å². The summed E-state index contributed by atoms with van der Waals surface area (Å²) in [5.74, 6) is -0.909. The number of esters is 1.